The van der Waals surface area contributed by atoms with Crippen molar-refractivity contribution in [1.29, 1.82) is 0 Å². The minimum Gasteiger partial charge on any atom is -0.508 e. The summed E-state index contributed by atoms with van der Waals surface area (Å²) in [6.45, 7) is 0. The number of phenolic OH excluding ortho intramolecular Hbond substituents is 1. The van der Waals surface area contributed by atoms with Crippen LogP contribution in [0.15, 0.2) is 54.6 Å². The molecule has 0 aromatic heterocycles. The maximum atomic E-state index is 12.4. The first-order valence-corrected chi connectivity index (χ1v) is 7.95. The Balaban J connectivity index is 1.71. The Hall–Kier alpha value is -2.75. The van der Waals surface area contributed by atoms with Crippen LogP contribution in [0.4, 0.5) is 0 Å². The minimum absolute atomic E-state index is 0.0262. The Bertz CT molecular complexity index is 744. The molecular formula is C20H18O4. The topological polar surface area (TPSA) is 71.4 Å². The Labute approximate surface area is 140 Å². The van der Waals surface area contributed by atoms with Gasteiger partial charge in [0.15, 0.2) is 17.3 Å². The van der Waals surface area contributed by atoms with E-state index in [9.17, 15) is 19.5 Å². The zero-order valence-electron chi connectivity index (χ0n) is 13.1. The van der Waals surface area contributed by atoms with E-state index in [2.05, 4.69) is 0 Å². The average Bonchev–Trinajstić information content (AvgIpc) is 2.57. The number of ketones is 3. The Kier molecular flexibility index (Phi) is 4.56. The Morgan fingerprint density at radius 2 is 1.50 bits per heavy atom. The lowest BCUT2D eigenvalue weighted by Gasteiger charge is -2.26. The van der Waals surface area contributed by atoms with Crippen molar-refractivity contribution in [2.24, 2.45) is 5.92 Å². The molecule has 2 aromatic rings. The fraction of sp³-hybridized carbons (Fsp3) is 0.250. The van der Waals surface area contributed by atoms with Crippen molar-refractivity contribution < 1.29 is 19.5 Å². The van der Waals surface area contributed by atoms with Gasteiger partial charge in [0.1, 0.15) is 11.7 Å². The molecule has 1 fully saturated rings. The van der Waals surface area contributed by atoms with Crippen molar-refractivity contribution in [2.45, 2.75) is 25.2 Å². The second-order valence-corrected chi connectivity index (χ2v) is 6.19. The monoisotopic (exact) mass is 322 g/mol. The summed E-state index contributed by atoms with van der Waals surface area (Å²) in [7, 11) is 0. The maximum Gasteiger partial charge on any atom is 0.155 e. The molecule has 0 aliphatic heterocycles. The highest BCUT2D eigenvalue weighted by Crippen LogP contribution is 2.32. The van der Waals surface area contributed by atoms with E-state index >= 15 is 0 Å². The number of carbonyl (C=O) groups excluding carboxylic acids is 3. The summed E-state index contributed by atoms with van der Waals surface area (Å²) in [4.78, 5) is 37.2. The van der Waals surface area contributed by atoms with Gasteiger partial charge in [0, 0.05) is 19.3 Å². The average molecular weight is 322 g/mol. The molecule has 4 nitrogen and oxygen atoms in total. The number of hydrogen-bond donors (Lipinski definition) is 1. The van der Waals surface area contributed by atoms with Crippen LogP contribution in [-0.4, -0.2) is 22.5 Å². The van der Waals surface area contributed by atoms with E-state index in [1.165, 1.54) is 12.1 Å². The van der Waals surface area contributed by atoms with E-state index in [1.807, 2.05) is 30.3 Å². The summed E-state index contributed by atoms with van der Waals surface area (Å²) in [6, 6.07) is 15.7. The predicted molar refractivity (Wildman–Crippen MR) is 88.7 cm³/mol. The quantitative estimate of drug-likeness (QED) is 0.879. The summed E-state index contributed by atoms with van der Waals surface area (Å²) in [5.74, 6) is -2.10. The van der Waals surface area contributed by atoms with Gasteiger partial charge >= 0.3 is 0 Å². The number of aromatic hydroxyl groups is 1. The molecule has 0 spiro atoms. The van der Waals surface area contributed by atoms with Crippen LogP contribution in [-0.2, 0) is 20.8 Å². The fourth-order valence-corrected chi connectivity index (χ4v) is 3.21. The van der Waals surface area contributed by atoms with Gasteiger partial charge in [0.05, 0.1) is 0 Å². The largest absolute Gasteiger partial charge is 0.508 e. The van der Waals surface area contributed by atoms with E-state index in [-0.39, 0.29) is 48.3 Å². The molecule has 2 aromatic carbocycles. The highest BCUT2D eigenvalue weighted by Gasteiger charge is 2.40. The van der Waals surface area contributed by atoms with Crippen LogP contribution in [0.2, 0.25) is 0 Å². The summed E-state index contributed by atoms with van der Waals surface area (Å²) in [6.07, 6.45) is 0.474. The molecule has 0 unspecified atom stereocenters. The third-order valence-corrected chi connectivity index (χ3v) is 4.45. The number of Topliss-reactive ketones (excluding diaryl/α,β-unsaturated/α-hetero) is 3. The van der Waals surface area contributed by atoms with Gasteiger partial charge in [0.2, 0.25) is 0 Å². The van der Waals surface area contributed by atoms with E-state index in [4.69, 9.17) is 0 Å². The molecule has 0 atom stereocenters. The van der Waals surface area contributed by atoms with E-state index in [0.29, 0.717) is 5.56 Å². The minimum atomic E-state index is -1.14. The van der Waals surface area contributed by atoms with Gasteiger partial charge in [-0.05, 0) is 29.2 Å². The molecule has 4 heteroatoms. The van der Waals surface area contributed by atoms with Crippen molar-refractivity contribution >= 4 is 17.3 Å². The van der Waals surface area contributed by atoms with Crippen LogP contribution < -0.4 is 0 Å². The molecule has 122 valence electrons. The SMILES string of the molecule is O=C(Cc1ccc(O)cc1)C1C(=O)CC(c2ccccc2)CC1=O. The first kappa shape index (κ1) is 16.1. The van der Waals surface area contributed by atoms with Crippen LogP contribution in [0.25, 0.3) is 0 Å². The molecule has 0 radical (unpaired) electrons. The first-order chi connectivity index (χ1) is 11.5. The molecule has 1 saturated carbocycles. The lowest BCUT2D eigenvalue weighted by molar-refractivity contribution is -0.142. The zero-order valence-corrected chi connectivity index (χ0v) is 13.1. The van der Waals surface area contributed by atoms with Crippen molar-refractivity contribution in [3.8, 4) is 5.75 Å². The molecule has 0 heterocycles. The molecule has 0 saturated heterocycles. The third-order valence-electron chi connectivity index (χ3n) is 4.45. The summed E-state index contributed by atoms with van der Waals surface area (Å²) in [5, 5.41) is 9.27. The van der Waals surface area contributed by atoms with Crippen LogP contribution >= 0.6 is 0 Å². The lowest BCUT2D eigenvalue weighted by Crippen LogP contribution is -2.38. The zero-order chi connectivity index (χ0) is 17.1. The van der Waals surface area contributed by atoms with Crippen LogP contribution in [0.1, 0.15) is 29.9 Å². The second kappa shape index (κ2) is 6.79. The van der Waals surface area contributed by atoms with Gasteiger partial charge in [-0.3, -0.25) is 14.4 Å². The van der Waals surface area contributed by atoms with Crippen LogP contribution in [0, 0.1) is 5.92 Å². The molecular weight excluding hydrogens is 304 g/mol. The van der Waals surface area contributed by atoms with Crippen molar-refractivity contribution in [2.75, 3.05) is 0 Å². The lowest BCUT2D eigenvalue weighted by atomic mass is 9.74. The molecule has 1 aliphatic rings. The van der Waals surface area contributed by atoms with Crippen LogP contribution in [0.5, 0.6) is 5.75 Å². The normalized spacial score (nSPS) is 20.8. The van der Waals surface area contributed by atoms with E-state index in [0.717, 1.165) is 5.56 Å². The molecule has 24 heavy (non-hydrogen) atoms. The summed E-state index contributed by atoms with van der Waals surface area (Å²) >= 11 is 0. The van der Waals surface area contributed by atoms with Gasteiger partial charge in [-0.1, -0.05) is 42.5 Å². The third kappa shape index (κ3) is 3.43. The number of hydrogen-bond acceptors (Lipinski definition) is 4. The summed E-state index contributed by atoms with van der Waals surface area (Å²) < 4.78 is 0. The second-order valence-electron chi connectivity index (χ2n) is 6.19. The standard InChI is InChI=1S/C20H18O4/c21-16-8-6-13(7-9-16)10-17(22)20-18(23)11-15(12-19(20)24)14-4-2-1-3-5-14/h1-9,15,20-21H,10-12H2. The number of carbonyl (C=O) groups is 3. The Morgan fingerprint density at radius 3 is 2.08 bits per heavy atom. The smallest absolute Gasteiger partial charge is 0.155 e. The highest BCUT2D eigenvalue weighted by molar-refractivity contribution is 6.21. The van der Waals surface area contributed by atoms with Crippen molar-refractivity contribution in [3.63, 3.8) is 0 Å². The molecule has 1 N–H and O–H groups in total. The van der Waals surface area contributed by atoms with Crippen molar-refractivity contribution in [3.05, 3.63) is 65.7 Å². The fourth-order valence-electron chi connectivity index (χ4n) is 3.21. The van der Waals surface area contributed by atoms with Gasteiger partial charge in [-0.15, -0.1) is 0 Å². The van der Waals surface area contributed by atoms with Crippen LogP contribution in [0.3, 0.4) is 0 Å². The molecule has 3 rings (SSSR count). The van der Waals surface area contributed by atoms with E-state index in [1.54, 1.807) is 12.1 Å². The van der Waals surface area contributed by atoms with E-state index < -0.39 is 5.92 Å². The number of benzene rings is 2. The van der Waals surface area contributed by atoms with Gasteiger partial charge in [0.25, 0.3) is 0 Å². The van der Waals surface area contributed by atoms with Gasteiger partial charge < -0.3 is 5.11 Å². The van der Waals surface area contributed by atoms with Crippen molar-refractivity contribution in [1.82, 2.24) is 0 Å². The molecule has 1 aliphatic carbocycles. The first-order valence-electron chi connectivity index (χ1n) is 7.95. The summed E-state index contributed by atoms with van der Waals surface area (Å²) in [5.41, 5.74) is 1.65. The number of rotatable bonds is 4. The van der Waals surface area contributed by atoms with Gasteiger partial charge in [-0.2, -0.15) is 0 Å². The highest BCUT2D eigenvalue weighted by atomic mass is 16.3. The number of phenols is 1. The Morgan fingerprint density at radius 1 is 0.917 bits per heavy atom. The predicted octanol–water partition coefficient (Wildman–Crippen LogP) is 2.84. The maximum absolute atomic E-state index is 12.4. The van der Waals surface area contributed by atoms with Gasteiger partial charge in [-0.25, -0.2) is 0 Å². The molecule has 0 bridgehead atoms. The molecule has 0 amide bonds.